The molecule has 2 aromatic heterocycles. The number of hydrogen-bond acceptors (Lipinski definition) is 6. The lowest BCUT2D eigenvalue weighted by Crippen LogP contribution is -2.31. The first kappa shape index (κ1) is 30.4. The van der Waals surface area contributed by atoms with E-state index in [1.807, 2.05) is 96.5 Å². The lowest BCUT2D eigenvalue weighted by atomic mass is 10.0. The summed E-state index contributed by atoms with van der Waals surface area (Å²) in [4.78, 5) is 29.1. The van der Waals surface area contributed by atoms with E-state index in [9.17, 15) is 9.59 Å². The number of nitrogens with zero attached hydrogens (tertiary/aromatic N) is 4. The number of carbonyl (C=O) groups is 2. The Hall–Kier alpha value is -5.21. The van der Waals surface area contributed by atoms with Gasteiger partial charge in [-0.25, -0.2) is 9.48 Å². The second kappa shape index (κ2) is 13.3. The predicted molar refractivity (Wildman–Crippen MR) is 184 cm³/mol. The van der Waals surface area contributed by atoms with Gasteiger partial charge in [-0.3, -0.25) is 9.69 Å². The Labute approximate surface area is 274 Å². The Morgan fingerprint density at radius 2 is 1.47 bits per heavy atom. The molecule has 47 heavy (non-hydrogen) atoms. The summed E-state index contributed by atoms with van der Waals surface area (Å²) < 4.78 is 15.9. The SMILES string of the molecule is CCOC(=O)c1c(CN2CCCCC2)n(Cc2ccccc2)c2c1cc(OC(C)=O)c1c2c(-c2ccccc2)nn1-c1ccccc1. The third-order valence-electron chi connectivity index (χ3n) is 8.83. The van der Waals surface area contributed by atoms with Crippen molar-refractivity contribution in [2.24, 2.45) is 0 Å². The Bertz CT molecular complexity index is 2040. The van der Waals surface area contributed by atoms with Crippen molar-refractivity contribution in [3.8, 4) is 22.7 Å². The van der Waals surface area contributed by atoms with E-state index in [-0.39, 0.29) is 12.6 Å². The first-order chi connectivity index (χ1) is 23.0. The molecule has 238 valence electrons. The lowest BCUT2D eigenvalue weighted by molar-refractivity contribution is -0.131. The van der Waals surface area contributed by atoms with Gasteiger partial charge in [-0.1, -0.05) is 85.3 Å². The maximum Gasteiger partial charge on any atom is 0.340 e. The van der Waals surface area contributed by atoms with E-state index in [1.54, 1.807) is 0 Å². The molecule has 0 bridgehead atoms. The Morgan fingerprint density at radius 3 is 2.13 bits per heavy atom. The van der Waals surface area contributed by atoms with Crippen LogP contribution in [0.15, 0.2) is 97.1 Å². The van der Waals surface area contributed by atoms with Gasteiger partial charge in [-0.2, -0.15) is 5.10 Å². The molecule has 7 rings (SSSR count). The van der Waals surface area contributed by atoms with E-state index in [0.29, 0.717) is 35.3 Å². The monoisotopic (exact) mass is 626 g/mol. The third-order valence-corrected chi connectivity index (χ3v) is 8.83. The van der Waals surface area contributed by atoms with E-state index in [0.717, 1.165) is 65.0 Å². The molecule has 0 spiro atoms. The summed E-state index contributed by atoms with van der Waals surface area (Å²) in [5, 5.41) is 6.70. The molecular formula is C39H38N4O4. The number of rotatable bonds is 9. The molecule has 0 radical (unpaired) electrons. The summed E-state index contributed by atoms with van der Waals surface area (Å²) >= 11 is 0. The van der Waals surface area contributed by atoms with E-state index >= 15 is 0 Å². The van der Waals surface area contributed by atoms with Crippen LogP contribution < -0.4 is 4.74 Å². The normalized spacial score (nSPS) is 13.7. The molecule has 0 aliphatic carbocycles. The molecule has 1 aliphatic rings. The number of hydrogen-bond donors (Lipinski definition) is 0. The van der Waals surface area contributed by atoms with Gasteiger partial charge in [0.15, 0.2) is 5.75 Å². The van der Waals surface area contributed by atoms with Crippen molar-refractivity contribution in [1.82, 2.24) is 19.2 Å². The highest BCUT2D eigenvalue weighted by Crippen LogP contribution is 2.44. The van der Waals surface area contributed by atoms with E-state index < -0.39 is 5.97 Å². The molecule has 1 fully saturated rings. The summed E-state index contributed by atoms with van der Waals surface area (Å²) in [5.41, 5.74) is 6.48. The van der Waals surface area contributed by atoms with Crippen LogP contribution in [0.25, 0.3) is 38.8 Å². The highest BCUT2D eigenvalue weighted by molar-refractivity contribution is 6.19. The quantitative estimate of drug-likeness (QED) is 0.120. The largest absolute Gasteiger partial charge is 0.462 e. The molecule has 0 amide bonds. The van der Waals surface area contributed by atoms with Crippen LogP contribution in [-0.4, -0.2) is 50.9 Å². The van der Waals surface area contributed by atoms with Crippen LogP contribution in [0.4, 0.5) is 0 Å². The minimum absolute atomic E-state index is 0.244. The summed E-state index contributed by atoms with van der Waals surface area (Å²) in [7, 11) is 0. The number of esters is 2. The molecule has 0 unspecified atom stereocenters. The van der Waals surface area contributed by atoms with Crippen molar-refractivity contribution >= 4 is 33.7 Å². The van der Waals surface area contributed by atoms with Gasteiger partial charge in [-0.15, -0.1) is 0 Å². The number of fused-ring (bicyclic) bond motifs is 3. The number of likely N-dealkylation sites (tertiary alicyclic amines) is 1. The molecule has 8 nitrogen and oxygen atoms in total. The van der Waals surface area contributed by atoms with Crippen LogP contribution in [0, 0.1) is 0 Å². The van der Waals surface area contributed by atoms with Gasteiger partial charge >= 0.3 is 11.9 Å². The fourth-order valence-corrected chi connectivity index (χ4v) is 6.82. The zero-order valence-corrected chi connectivity index (χ0v) is 26.8. The van der Waals surface area contributed by atoms with Crippen LogP contribution in [0.5, 0.6) is 5.75 Å². The van der Waals surface area contributed by atoms with Crippen LogP contribution in [0.1, 0.15) is 54.7 Å². The minimum Gasteiger partial charge on any atom is -0.462 e. The van der Waals surface area contributed by atoms with Crippen molar-refractivity contribution in [3.63, 3.8) is 0 Å². The van der Waals surface area contributed by atoms with Crippen molar-refractivity contribution < 1.29 is 19.1 Å². The second-order valence-electron chi connectivity index (χ2n) is 12.0. The van der Waals surface area contributed by atoms with Crippen LogP contribution >= 0.6 is 0 Å². The number of aromatic nitrogens is 3. The second-order valence-corrected chi connectivity index (χ2v) is 12.0. The smallest absolute Gasteiger partial charge is 0.340 e. The Balaban J connectivity index is 1.65. The molecule has 4 aromatic carbocycles. The van der Waals surface area contributed by atoms with Gasteiger partial charge in [0.05, 0.1) is 28.8 Å². The maximum absolute atomic E-state index is 14.1. The number of carbonyl (C=O) groups excluding carboxylic acids is 2. The molecule has 0 saturated carbocycles. The van der Waals surface area contributed by atoms with E-state index in [2.05, 4.69) is 21.6 Å². The van der Waals surface area contributed by atoms with Crippen molar-refractivity contribution in [1.29, 1.82) is 0 Å². The van der Waals surface area contributed by atoms with Crippen molar-refractivity contribution in [2.45, 2.75) is 46.2 Å². The zero-order valence-electron chi connectivity index (χ0n) is 26.8. The average Bonchev–Trinajstić information content (AvgIpc) is 3.63. The highest BCUT2D eigenvalue weighted by Gasteiger charge is 2.31. The summed E-state index contributed by atoms with van der Waals surface area (Å²) in [6, 6.07) is 32.0. The van der Waals surface area contributed by atoms with Gasteiger partial charge in [0.1, 0.15) is 11.2 Å². The zero-order chi connectivity index (χ0) is 32.3. The van der Waals surface area contributed by atoms with Crippen molar-refractivity contribution in [3.05, 3.63) is 114 Å². The molecule has 1 aliphatic heterocycles. The van der Waals surface area contributed by atoms with E-state index in [4.69, 9.17) is 14.6 Å². The molecule has 1 saturated heterocycles. The summed E-state index contributed by atoms with van der Waals surface area (Å²) in [6.07, 6.45) is 3.45. The Kier molecular flexibility index (Phi) is 8.59. The molecule has 8 heteroatoms. The molecule has 0 atom stereocenters. The number of para-hydroxylation sites is 1. The van der Waals surface area contributed by atoms with Gasteiger partial charge < -0.3 is 14.0 Å². The standard InChI is InChI=1S/C39H38N4O4/c1-3-46-39(45)34-31-24-33(47-27(2)44)38-35(36(29-18-10-5-11-19-29)40-43(38)30-20-12-6-13-21-30)37(31)42(25-28-16-8-4-9-17-28)32(34)26-41-22-14-7-15-23-41/h4-6,8-13,16-21,24H,3,7,14-15,22-23,25-26H2,1-2H3. The fraction of sp³-hybridized carbons (Fsp3) is 0.256. The number of ether oxygens (including phenoxy) is 2. The molecule has 6 aromatic rings. The van der Waals surface area contributed by atoms with Gasteiger partial charge in [-0.05, 0) is 56.6 Å². The average molecular weight is 627 g/mol. The first-order valence-electron chi connectivity index (χ1n) is 16.4. The minimum atomic E-state index is -0.456. The van der Waals surface area contributed by atoms with Crippen LogP contribution in [-0.2, 0) is 22.6 Å². The van der Waals surface area contributed by atoms with E-state index in [1.165, 1.54) is 13.3 Å². The fourth-order valence-electron chi connectivity index (χ4n) is 6.82. The number of benzene rings is 4. The predicted octanol–water partition coefficient (Wildman–Crippen LogP) is 7.78. The highest BCUT2D eigenvalue weighted by atomic mass is 16.5. The van der Waals surface area contributed by atoms with Crippen molar-refractivity contribution in [2.75, 3.05) is 19.7 Å². The Morgan fingerprint density at radius 1 is 0.809 bits per heavy atom. The summed E-state index contributed by atoms with van der Waals surface area (Å²) in [6.45, 7) is 6.51. The van der Waals surface area contributed by atoms with Gasteiger partial charge in [0, 0.05) is 36.7 Å². The molecule has 3 heterocycles. The van der Waals surface area contributed by atoms with Crippen LogP contribution in [0.2, 0.25) is 0 Å². The lowest BCUT2D eigenvalue weighted by Gasteiger charge is -2.27. The van der Waals surface area contributed by atoms with Crippen LogP contribution in [0.3, 0.4) is 0 Å². The third kappa shape index (κ3) is 5.92. The molecular weight excluding hydrogens is 588 g/mol. The van der Waals surface area contributed by atoms with Gasteiger partial charge in [0.2, 0.25) is 0 Å². The maximum atomic E-state index is 14.1. The van der Waals surface area contributed by atoms with Gasteiger partial charge in [0.25, 0.3) is 0 Å². The summed E-state index contributed by atoms with van der Waals surface area (Å²) in [5.74, 6) is -0.505. The first-order valence-corrected chi connectivity index (χ1v) is 16.4. The number of piperidine rings is 1. The topological polar surface area (TPSA) is 78.6 Å². The molecule has 0 N–H and O–H groups in total.